The van der Waals surface area contributed by atoms with Crippen LogP contribution in [0, 0.1) is 0 Å². The molecular formula is C18H23ClO2. The molecule has 0 aliphatic rings. The van der Waals surface area contributed by atoms with Gasteiger partial charge in [0.1, 0.15) is 6.61 Å². The molecule has 0 spiro atoms. The summed E-state index contributed by atoms with van der Waals surface area (Å²) < 4.78 is 4.70. The second-order valence-electron chi connectivity index (χ2n) is 3.59. The molecule has 2 nitrogen and oxygen atoms in total. The van der Waals surface area contributed by atoms with Crippen LogP contribution in [0.1, 0.15) is 33.3 Å². The van der Waals surface area contributed by atoms with Gasteiger partial charge < -0.3 is 4.74 Å². The van der Waals surface area contributed by atoms with Gasteiger partial charge in [0.05, 0.1) is 0 Å². The highest BCUT2D eigenvalue weighted by atomic mass is 35.5. The molecule has 0 aliphatic carbocycles. The highest BCUT2D eigenvalue weighted by Gasteiger charge is 1.99. The molecule has 3 heteroatoms. The second kappa shape index (κ2) is 12.0. The Labute approximate surface area is 132 Å². The lowest BCUT2D eigenvalue weighted by molar-refractivity contribution is 0.167. The van der Waals surface area contributed by atoms with E-state index in [0.29, 0.717) is 0 Å². The minimum Gasteiger partial charge on any atom is -0.449 e. The van der Waals surface area contributed by atoms with Gasteiger partial charge >= 0.3 is 5.43 Å². The Hall–Kier alpha value is -1.80. The molecule has 0 amide bonds. The van der Waals surface area contributed by atoms with E-state index in [-0.39, 0.29) is 6.61 Å². The van der Waals surface area contributed by atoms with Crippen molar-refractivity contribution >= 4 is 17.0 Å². The van der Waals surface area contributed by atoms with Crippen LogP contribution < -0.4 is 0 Å². The first-order chi connectivity index (χ1) is 10.3. The first-order valence-electron chi connectivity index (χ1n) is 7.22. The maximum Gasteiger partial charge on any atom is 0.404 e. The Morgan fingerprint density at radius 3 is 1.81 bits per heavy atom. The van der Waals surface area contributed by atoms with Gasteiger partial charge in [-0.2, -0.15) is 0 Å². The second-order valence-corrected chi connectivity index (χ2v) is 3.90. The standard InChI is InChI=1S/C14H11ClO2.2C2H6/c15-14(16)17-10-11-6-8-13(9-7-11)12-4-2-1-3-5-12;2*1-2/h1-9H,10H2;2*1-2H3. The molecule has 0 fully saturated rings. The van der Waals surface area contributed by atoms with Crippen molar-refractivity contribution in [3.05, 3.63) is 60.2 Å². The third-order valence-corrected chi connectivity index (χ3v) is 2.52. The highest BCUT2D eigenvalue weighted by molar-refractivity contribution is 6.61. The van der Waals surface area contributed by atoms with Gasteiger partial charge in [-0.15, -0.1) is 0 Å². The molecule has 114 valence electrons. The predicted molar refractivity (Wildman–Crippen MR) is 90.6 cm³/mol. The minimum atomic E-state index is -0.780. The van der Waals surface area contributed by atoms with Gasteiger partial charge in [0.25, 0.3) is 0 Å². The van der Waals surface area contributed by atoms with Gasteiger partial charge in [-0.05, 0) is 16.7 Å². The van der Waals surface area contributed by atoms with Crippen LogP contribution in [0.2, 0.25) is 0 Å². The van der Waals surface area contributed by atoms with E-state index in [1.165, 1.54) is 0 Å². The predicted octanol–water partition coefficient (Wildman–Crippen LogP) is 6.28. The molecule has 0 unspecified atom stereocenters. The molecule has 0 atom stereocenters. The quantitative estimate of drug-likeness (QED) is 0.624. The Bertz CT molecular complexity index is 492. The zero-order valence-corrected chi connectivity index (χ0v) is 13.9. The van der Waals surface area contributed by atoms with Crippen LogP contribution in [0.15, 0.2) is 54.6 Å². The lowest BCUT2D eigenvalue weighted by atomic mass is 10.0. The molecule has 0 heterocycles. The maximum atomic E-state index is 10.4. The van der Waals surface area contributed by atoms with Crippen LogP contribution in [0.5, 0.6) is 0 Å². The normalized spacial score (nSPS) is 8.62. The number of hydrogen-bond donors (Lipinski definition) is 0. The molecule has 0 aromatic heterocycles. The Morgan fingerprint density at radius 2 is 1.33 bits per heavy atom. The molecule has 2 aromatic carbocycles. The zero-order chi connectivity index (χ0) is 16.1. The molecule has 0 radical (unpaired) electrons. The molecule has 2 aromatic rings. The average molecular weight is 307 g/mol. The molecule has 0 bridgehead atoms. The third kappa shape index (κ3) is 7.52. The first-order valence-corrected chi connectivity index (χ1v) is 7.60. The van der Waals surface area contributed by atoms with Crippen molar-refractivity contribution in [1.29, 1.82) is 0 Å². The number of hydrogen-bond acceptors (Lipinski definition) is 2. The van der Waals surface area contributed by atoms with Crippen molar-refractivity contribution in [2.75, 3.05) is 0 Å². The van der Waals surface area contributed by atoms with Crippen molar-refractivity contribution in [2.45, 2.75) is 34.3 Å². The van der Waals surface area contributed by atoms with Crippen molar-refractivity contribution < 1.29 is 9.53 Å². The highest BCUT2D eigenvalue weighted by Crippen LogP contribution is 2.19. The number of carbonyl (C=O) groups is 1. The fourth-order valence-electron chi connectivity index (χ4n) is 1.56. The van der Waals surface area contributed by atoms with Gasteiger partial charge in [-0.1, -0.05) is 82.3 Å². The van der Waals surface area contributed by atoms with Gasteiger partial charge in [-0.3, -0.25) is 0 Å². The lowest BCUT2D eigenvalue weighted by Crippen LogP contribution is -1.94. The SMILES string of the molecule is CC.CC.O=C(Cl)OCc1ccc(-c2ccccc2)cc1. The third-order valence-electron chi connectivity index (χ3n) is 2.41. The fourth-order valence-corrected chi connectivity index (χ4v) is 1.62. The monoisotopic (exact) mass is 306 g/mol. The van der Waals surface area contributed by atoms with E-state index in [1.807, 2.05) is 82.3 Å². The van der Waals surface area contributed by atoms with Gasteiger partial charge in [0, 0.05) is 11.6 Å². The van der Waals surface area contributed by atoms with E-state index in [4.69, 9.17) is 16.3 Å². The summed E-state index contributed by atoms with van der Waals surface area (Å²) in [5.41, 5.74) is 2.43. The maximum absolute atomic E-state index is 10.4. The molecular weight excluding hydrogens is 284 g/mol. The summed E-state index contributed by atoms with van der Waals surface area (Å²) in [5, 5.41) is 0. The van der Waals surface area contributed by atoms with Gasteiger partial charge in [-0.25, -0.2) is 4.79 Å². The molecule has 2 rings (SSSR count). The number of benzene rings is 2. The van der Waals surface area contributed by atoms with Crippen molar-refractivity contribution in [2.24, 2.45) is 0 Å². The van der Waals surface area contributed by atoms with Crippen molar-refractivity contribution in [1.82, 2.24) is 0 Å². The molecule has 0 N–H and O–H groups in total. The van der Waals surface area contributed by atoms with Crippen LogP contribution in [0.25, 0.3) is 11.1 Å². The Kier molecular flexibility index (Phi) is 11.0. The van der Waals surface area contributed by atoms with E-state index in [1.54, 1.807) is 0 Å². The van der Waals surface area contributed by atoms with E-state index in [0.717, 1.165) is 16.7 Å². The number of carbonyl (C=O) groups excluding carboxylic acids is 1. The van der Waals surface area contributed by atoms with E-state index in [9.17, 15) is 4.79 Å². The average Bonchev–Trinajstić information content (AvgIpc) is 2.58. The van der Waals surface area contributed by atoms with Crippen molar-refractivity contribution in [3.8, 4) is 11.1 Å². The summed E-state index contributed by atoms with van der Waals surface area (Å²) in [4.78, 5) is 10.4. The van der Waals surface area contributed by atoms with Crippen LogP contribution in [-0.2, 0) is 11.3 Å². The summed E-state index contributed by atoms with van der Waals surface area (Å²) in [6, 6.07) is 17.9. The molecule has 0 saturated heterocycles. The summed E-state index contributed by atoms with van der Waals surface area (Å²) in [5.74, 6) is 0. The summed E-state index contributed by atoms with van der Waals surface area (Å²) in [7, 11) is 0. The van der Waals surface area contributed by atoms with Crippen LogP contribution in [0.3, 0.4) is 0 Å². The molecule has 21 heavy (non-hydrogen) atoms. The Balaban J connectivity index is 0.000000921. The minimum absolute atomic E-state index is 0.206. The lowest BCUT2D eigenvalue weighted by Gasteiger charge is -2.04. The summed E-state index contributed by atoms with van der Waals surface area (Å²) in [6.45, 7) is 8.21. The van der Waals surface area contributed by atoms with E-state index < -0.39 is 5.43 Å². The number of ether oxygens (including phenoxy) is 1. The van der Waals surface area contributed by atoms with Crippen LogP contribution in [0.4, 0.5) is 4.79 Å². The molecule has 0 aliphatic heterocycles. The number of halogens is 1. The first kappa shape index (κ1) is 19.2. The van der Waals surface area contributed by atoms with E-state index in [2.05, 4.69) is 0 Å². The molecule has 0 saturated carbocycles. The van der Waals surface area contributed by atoms with Crippen molar-refractivity contribution in [3.63, 3.8) is 0 Å². The zero-order valence-electron chi connectivity index (χ0n) is 13.1. The summed E-state index contributed by atoms with van der Waals surface area (Å²) >= 11 is 5.09. The number of rotatable bonds is 3. The van der Waals surface area contributed by atoms with Crippen LogP contribution >= 0.6 is 11.6 Å². The topological polar surface area (TPSA) is 26.3 Å². The summed E-state index contributed by atoms with van der Waals surface area (Å²) in [6.07, 6.45) is 0. The van der Waals surface area contributed by atoms with E-state index >= 15 is 0 Å². The van der Waals surface area contributed by atoms with Gasteiger partial charge in [0.2, 0.25) is 0 Å². The Morgan fingerprint density at radius 1 is 0.857 bits per heavy atom. The largest absolute Gasteiger partial charge is 0.449 e. The van der Waals surface area contributed by atoms with Gasteiger partial charge in [0.15, 0.2) is 0 Å². The van der Waals surface area contributed by atoms with Crippen LogP contribution in [-0.4, -0.2) is 5.43 Å². The smallest absolute Gasteiger partial charge is 0.404 e. The fraction of sp³-hybridized carbons (Fsp3) is 0.278.